The summed E-state index contributed by atoms with van der Waals surface area (Å²) >= 11 is 3.34. The molecule has 3 aromatic rings. The van der Waals surface area contributed by atoms with Crippen LogP contribution >= 0.6 is 15.9 Å². The molecule has 5 heteroatoms. The second-order valence-electron chi connectivity index (χ2n) is 4.39. The SMILES string of the molecule is O=C(O)c1cc2ccccc2nc1Oc1ccc(Br)cc1. The van der Waals surface area contributed by atoms with Gasteiger partial charge in [-0.15, -0.1) is 0 Å². The van der Waals surface area contributed by atoms with E-state index in [0.29, 0.717) is 11.3 Å². The van der Waals surface area contributed by atoms with Gasteiger partial charge in [0.15, 0.2) is 0 Å². The number of aromatic carboxylic acids is 1. The van der Waals surface area contributed by atoms with Crippen LogP contribution in [0.2, 0.25) is 0 Å². The van der Waals surface area contributed by atoms with Crippen LogP contribution in [0.3, 0.4) is 0 Å². The van der Waals surface area contributed by atoms with Gasteiger partial charge in [0.25, 0.3) is 0 Å². The largest absolute Gasteiger partial charge is 0.477 e. The fraction of sp³-hybridized carbons (Fsp3) is 0. The van der Waals surface area contributed by atoms with E-state index in [4.69, 9.17) is 4.74 Å². The molecular weight excluding hydrogens is 334 g/mol. The lowest BCUT2D eigenvalue weighted by Gasteiger charge is -2.09. The minimum Gasteiger partial charge on any atom is -0.477 e. The smallest absolute Gasteiger partial charge is 0.341 e. The number of ether oxygens (including phenoxy) is 1. The number of hydrogen-bond donors (Lipinski definition) is 1. The van der Waals surface area contributed by atoms with Gasteiger partial charge in [0, 0.05) is 9.86 Å². The van der Waals surface area contributed by atoms with Gasteiger partial charge in [-0.2, -0.15) is 0 Å². The number of carboxylic acids is 1. The number of pyridine rings is 1. The van der Waals surface area contributed by atoms with Crippen LogP contribution in [0.25, 0.3) is 10.9 Å². The van der Waals surface area contributed by atoms with E-state index < -0.39 is 5.97 Å². The van der Waals surface area contributed by atoms with Gasteiger partial charge in [-0.25, -0.2) is 9.78 Å². The molecule has 0 atom stereocenters. The third kappa shape index (κ3) is 2.87. The van der Waals surface area contributed by atoms with E-state index in [1.54, 1.807) is 18.2 Å². The summed E-state index contributed by atoms with van der Waals surface area (Å²) in [6.07, 6.45) is 0. The zero-order chi connectivity index (χ0) is 14.8. The molecule has 3 rings (SSSR count). The molecule has 2 aromatic carbocycles. The minimum atomic E-state index is -1.07. The van der Waals surface area contributed by atoms with Gasteiger partial charge in [0.1, 0.15) is 11.3 Å². The number of fused-ring (bicyclic) bond motifs is 1. The van der Waals surface area contributed by atoms with Gasteiger partial charge in [-0.3, -0.25) is 0 Å². The highest BCUT2D eigenvalue weighted by Crippen LogP contribution is 2.27. The van der Waals surface area contributed by atoms with Crippen LogP contribution in [0.5, 0.6) is 11.6 Å². The molecule has 0 amide bonds. The summed E-state index contributed by atoms with van der Waals surface area (Å²) in [4.78, 5) is 15.7. The third-order valence-corrected chi connectivity index (χ3v) is 3.48. The molecule has 0 bridgehead atoms. The molecule has 104 valence electrons. The van der Waals surface area contributed by atoms with Crippen molar-refractivity contribution in [3.05, 3.63) is 64.6 Å². The monoisotopic (exact) mass is 343 g/mol. The van der Waals surface area contributed by atoms with Crippen LogP contribution < -0.4 is 4.74 Å². The van der Waals surface area contributed by atoms with Crippen LogP contribution in [0.15, 0.2) is 59.1 Å². The average molecular weight is 344 g/mol. The van der Waals surface area contributed by atoms with E-state index in [-0.39, 0.29) is 11.4 Å². The van der Waals surface area contributed by atoms with E-state index in [0.717, 1.165) is 9.86 Å². The summed E-state index contributed by atoms with van der Waals surface area (Å²) in [5, 5.41) is 10.1. The molecule has 1 heterocycles. The molecule has 0 aliphatic carbocycles. The van der Waals surface area contributed by atoms with Gasteiger partial charge < -0.3 is 9.84 Å². The first-order chi connectivity index (χ1) is 10.1. The summed E-state index contributed by atoms with van der Waals surface area (Å²) in [6.45, 7) is 0. The Morgan fingerprint density at radius 3 is 2.52 bits per heavy atom. The molecule has 0 saturated carbocycles. The predicted molar refractivity (Wildman–Crippen MR) is 82.9 cm³/mol. The summed E-state index contributed by atoms with van der Waals surface area (Å²) in [6, 6.07) is 16.0. The number of halogens is 1. The van der Waals surface area contributed by atoms with E-state index in [1.807, 2.05) is 36.4 Å². The minimum absolute atomic E-state index is 0.0385. The molecule has 0 aliphatic heterocycles. The molecular formula is C16H10BrNO3. The maximum absolute atomic E-state index is 11.4. The van der Waals surface area contributed by atoms with Crippen molar-refractivity contribution >= 4 is 32.8 Å². The van der Waals surface area contributed by atoms with Crippen molar-refractivity contribution < 1.29 is 14.6 Å². The van der Waals surface area contributed by atoms with Crippen molar-refractivity contribution in [3.63, 3.8) is 0 Å². The van der Waals surface area contributed by atoms with Crippen molar-refractivity contribution in [1.29, 1.82) is 0 Å². The molecule has 1 aromatic heterocycles. The zero-order valence-corrected chi connectivity index (χ0v) is 12.4. The first-order valence-corrected chi connectivity index (χ1v) is 6.99. The van der Waals surface area contributed by atoms with E-state index in [9.17, 15) is 9.90 Å². The molecule has 0 fully saturated rings. The molecule has 1 N–H and O–H groups in total. The fourth-order valence-corrected chi connectivity index (χ4v) is 2.21. The van der Waals surface area contributed by atoms with Crippen molar-refractivity contribution in [2.45, 2.75) is 0 Å². The highest BCUT2D eigenvalue weighted by atomic mass is 79.9. The number of carboxylic acid groups (broad SMARTS) is 1. The molecule has 4 nitrogen and oxygen atoms in total. The average Bonchev–Trinajstić information content (AvgIpc) is 2.48. The number of hydrogen-bond acceptors (Lipinski definition) is 3. The molecule has 21 heavy (non-hydrogen) atoms. The quantitative estimate of drug-likeness (QED) is 0.761. The summed E-state index contributed by atoms with van der Waals surface area (Å²) in [5.41, 5.74) is 0.728. The molecule has 0 aliphatic rings. The van der Waals surface area contributed by atoms with E-state index in [1.165, 1.54) is 0 Å². The lowest BCUT2D eigenvalue weighted by molar-refractivity contribution is 0.0693. The van der Waals surface area contributed by atoms with Crippen LogP contribution in [0, 0.1) is 0 Å². The van der Waals surface area contributed by atoms with E-state index >= 15 is 0 Å². The standard InChI is InChI=1S/C16H10BrNO3/c17-11-5-7-12(8-6-11)21-15-13(16(19)20)9-10-3-1-2-4-14(10)18-15/h1-9H,(H,19,20). The lowest BCUT2D eigenvalue weighted by Crippen LogP contribution is -2.02. The Labute approximate surface area is 129 Å². The maximum Gasteiger partial charge on any atom is 0.341 e. The normalized spacial score (nSPS) is 10.5. The molecule has 0 spiro atoms. The van der Waals surface area contributed by atoms with Crippen LogP contribution in [-0.2, 0) is 0 Å². The maximum atomic E-state index is 11.4. The number of aromatic nitrogens is 1. The van der Waals surface area contributed by atoms with Gasteiger partial charge in [0.2, 0.25) is 5.88 Å². The Kier molecular flexibility index (Phi) is 3.58. The van der Waals surface area contributed by atoms with Crippen molar-refractivity contribution in [2.24, 2.45) is 0 Å². The predicted octanol–water partition coefficient (Wildman–Crippen LogP) is 4.49. The number of rotatable bonds is 3. The highest BCUT2D eigenvalue weighted by Gasteiger charge is 2.15. The molecule has 0 saturated heterocycles. The van der Waals surface area contributed by atoms with Gasteiger partial charge in [0.05, 0.1) is 5.52 Å². The Balaban J connectivity index is 2.09. The summed E-state index contributed by atoms with van der Waals surface area (Å²) in [7, 11) is 0. The summed E-state index contributed by atoms with van der Waals surface area (Å²) < 4.78 is 6.54. The van der Waals surface area contributed by atoms with Crippen LogP contribution in [0.1, 0.15) is 10.4 Å². The highest BCUT2D eigenvalue weighted by molar-refractivity contribution is 9.10. The van der Waals surface area contributed by atoms with E-state index in [2.05, 4.69) is 20.9 Å². The lowest BCUT2D eigenvalue weighted by atomic mass is 10.1. The van der Waals surface area contributed by atoms with Gasteiger partial charge >= 0.3 is 5.97 Å². The fourth-order valence-electron chi connectivity index (χ4n) is 1.94. The first kappa shape index (κ1) is 13.6. The Bertz CT molecular complexity index is 815. The van der Waals surface area contributed by atoms with Gasteiger partial charge in [-0.05, 0) is 36.4 Å². The number of nitrogens with zero attached hydrogens (tertiary/aromatic N) is 1. The molecule has 0 unspecified atom stereocenters. The Morgan fingerprint density at radius 1 is 1.10 bits per heavy atom. The van der Waals surface area contributed by atoms with Crippen LogP contribution in [-0.4, -0.2) is 16.1 Å². The second-order valence-corrected chi connectivity index (χ2v) is 5.31. The number of para-hydroxylation sites is 1. The topological polar surface area (TPSA) is 59.4 Å². The summed E-state index contributed by atoms with van der Waals surface area (Å²) in [5.74, 6) is -0.452. The number of benzene rings is 2. The molecule has 0 radical (unpaired) electrons. The zero-order valence-electron chi connectivity index (χ0n) is 10.8. The van der Waals surface area contributed by atoms with Crippen molar-refractivity contribution in [3.8, 4) is 11.6 Å². The number of carbonyl (C=O) groups is 1. The Hall–Kier alpha value is -2.40. The van der Waals surface area contributed by atoms with Crippen LogP contribution in [0.4, 0.5) is 0 Å². The van der Waals surface area contributed by atoms with Gasteiger partial charge in [-0.1, -0.05) is 34.1 Å². The first-order valence-electron chi connectivity index (χ1n) is 6.20. The second kappa shape index (κ2) is 5.54. The Morgan fingerprint density at radius 2 is 1.81 bits per heavy atom. The van der Waals surface area contributed by atoms with Crippen molar-refractivity contribution in [2.75, 3.05) is 0 Å². The van der Waals surface area contributed by atoms with Crippen molar-refractivity contribution in [1.82, 2.24) is 4.98 Å². The third-order valence-electron chi connectivity index (χ3n) is 2.95.